The van der Waals surface area contributed by atoms with Gasteiger partial charge >= 0.3 is 0 Å². The molecule has 1 aliphatic heterocycles. The molecule has 1 saturated heterocycles. The predicted molar refractivity (Wildman–Crippen MR) is 88.2 cm³/mol. The van der Waals surface area contributed by atoms with Gasteiger partial charge in [-0.1, -0.05) is 18.2 Å². The smallest absolute Gasteiger partial charge is 0.135 e. The molecule has 2 aromatic carbocycles. The molecule has 0 amide bonds. The van der Waals surface area contributed by atoms with Gasteiger partial charge in [-0.3, -0.25) is 4.21 Å². The summed E-state index contributed by atoms with van der Waals surface area (Å²) in [6.45, 7) is 0. The van der Waals surface area contributed by atoms with Crippen LogP contribution in [-0.2, 0) is 10.8 Å². The van der Waals surface area contributed by atoms with Crippen molar-refractivity contribution in [2.75, 3.05) is 16.8 Å². The van der Waals surface area contributed by atoms with Crippen molar-refractivity contribution >= 4 is 38.4 Å². The molecule has 4 heteroatoms. The number of hydrogen-bond acceptors (Lipinski definition) is 3. The van der Waals surface area contributed by atoms with Gasteiger partial charge in [-0.05, 0) is 37.1 Å². The maximum atomic E-state index is 11.4. The quantitative estimate of drug-likeness (QED) is 0.780. The fraction of sp³-hybridized carbons (Fsp3) is 0.294. The summed E-state index contributed by atoms with van der Waals surface area (Å²) in [5.41, 5.74) is 2.97. The molecule has 0 spiro atoms. The number of rotatable bonds is 2. The number of hydrogen-bond donors (Lipinski definition) is 1. The van der Waals surface area contributed by atoms with Crippen molar-refractivity contribution in [3.63, 3.8) is 0 Å². The van der Waals surface area contributed by atoms with E-state index in [2.05, 4.69) is 23.5 Å². The fourth-order valence-electron chi connectivity index (χ4n) is 2.99. The minimum absolute atomic E-state index is 0.429. The van der Waals surface area contributed by atoms with Gasteiger partial charge in [0.15, 0.2) is 0 Å². The standard InChI is InChI=1S/C17H17NO2S/c19-21-9-7-12(8-10-21)18-13-5-6-17-15(11-13)14-3-1-2-4-16(14)20-17/h1-6,11-12,18H,7-10H2. The van der Waals surface area contributed by atoms with Gasteiger partial charge in [-0.25, -0.2) is 0 Å². The summed E-state index contributed by atoms with van der Waals surface area (Å²) in [6, 6.07) is 14.8. The Balaban J connectivity index is 1.66. The van der Waals surface area contributed by atoms with Gasteiger partial charge in [-0.15, -0.1) is 0 Å². The lowest BCUT2D eigenvalue weighted by atomic mass is 10.1. The lowest BCUT2D eigenvalue weighted by Gasteiger charge is -2.23. The highest BCUT2D eigenvalue weighted by Gasteiger charge is 2.17. The first-order valence-electron chi connectivity index (χ1n) is 7.32. The average Bonchev–Trinajstić information content (AvgIpc) is 2.88. The molecule has 1 fully saturated rings. The van der Waals surface area contributed by atoms with E-state index in [4.69, 9.17) is 4.42 Å². The molecule has 2 heterocycles. The molecule has 0 radical (unpaired) electrons. The summed E-state index contributed by atoms with van der Waals surface area (Å²) in [5.74, 6) is 1.63. The van der Waals surface area contributed by atoms with Gasteiger partial charge in [0.05, 0.1) is 0 Å². The Labute approximate surface area is 125 Å². The Morgan fingerprint density at radius 3 is 2.62 bits per heavy atom. The molecule has 3 nitrogen and oxygen atoms in total. The van der Waals surface area contributed by atoms with Crippen LogP contribution in [0.3, 0.4) is 0 Å². The molecule has 0 atom stereocenters. The third-order valence-corrected chi connectivity index (χ3v) is 5.52. The molecule has 1 N–H and O–H groups in total. The van der Waals surface area contributed by atoms with Crippen molar-refractivity contribution in [3.05, 3.63) is 42.5 Å². The maximum Gasteiger partial charge on any atom is 0.135 e. The molecule has 0 aliphatic carbocycles. The van der Waals surface area contributed by atoms with Crippen LogP contribution in [0.15, 0.2) is 46.9 Å². The summed E-state index contributed by atoms with van der Waals surface area (Å²) in [5, 5.41) is 5.87. The van der Waals surface area contributed by atoms with E-state index in [-0.39, 0.29) is 0 Å². The van der Waals surface area contributed by atoms with Gasteiger partial charge in [0.25, 0.3) is 0 Å². The largest absolute Gasteiger partial charge is 0.456 e. The summed E-state index contributed by atoms with van der Waals surface area (Å²) < 4.78 is 17.3. The van der Waals surface area contributed by atoms with E-state index in [1.165, 1.54) is 0 Å². The molecule has 21 heavy (non-hydrogen) atoms. The van der Waals surface area contributed by atoms with Crippen LogP contribution in [0.1, 0.15) is 12.8 Å². The third-order valence-electron chi connectivity index (χ3n) is 4.14. The van der Waals surface area contributed by atoms with Crippen LogP contribution < -0.4 is 5.32 Å². The molecule has 4 rings (SSSR count). The zero-order chi connectivity index (χ0) is 14.2. The topological polar surface area (TPSA) is 42.2 Å². The van der Waals surface area contributed by atoms with Crippen molar-refractivity contribution in [3.8, 4) is 0 Å². The Bertz CT molecular complexity index is 814. The second-order valence-corrected chi connectivity index (χ2v) is 7.27. The predicted octanol–water partition coefficient (Wildman–Crippen LogP) is 3.91. The molecule has 0 saturated carbocycles. The SMILES string of the molecule is O=S1CCC(Nc2ccc3oc4ccccc4c3c2)CC1. The molecule has 0 unspecified atom stereocenters. The molecular weight excluding hydrogens is 282 g/mol. The number of nitrogens with one attached hydrogen (secondary N) is 1. The summed E-state index contributed by atoms with van der Waals surface area (Å²) in [7, 11) is -0.608. The van der Waals surface area contributed by atoms with Crippen LogP contribution in [0.5, 0.6) is 0 Å². The number of furan rings is 1. The average molecular weight is 299 g/mol. The highest BCUT2D eigenvalue weighted by molar-refractivity contribution is 7.85. The lowest BCUT2D eigenvalue weighted by Crippen LogP contribution is -2.29. The van der Waals surface area contributed by atoms with Crippen LogP contribution in [0.4, 0.5) is 5.69 Å². The summed E-state index contributed by atoms with van der Waals surface area (Å²) >= 11 is 0. The Kier molecular flexibility index (Phi) is 3.19. The zero-order valence-electron chi connectivity index (χ0n) is 11.7. The van der Waals surface area contributed by atoms with Crippen LogP contribution in [-0.4, -0.2) is 21.8 Å². The number of para-hydroxylation sites is 1. The second kappa shape index (κ2) is 5.19. The molecule has 0 bridgehead atoms. The molecule has 3 aromatic rings. The van der Waals surface area contributed by atoms with Gasteiger partial charge in [0, 0.05) is 44.8 Å². The number of anilines is 1. The number of fused-ring (bicyclic) bond motifs is 3. The van der Waals surface area contributed by atoms with Crippen LogP contribution in [0, 0.1) is 0 Å². The van der Waals surface area contributed by atoms with Gasteiger partial charge < -0.3 is 9.73 Å². The Morgan fingerprint density at radius 2 is 1.76 bits per heavy atom. The van der Waals surface area contributed by atoms with Crippen LogP contribution in [0.2, 0.25) is 0 Å². The molecule has 108 valence electrons. The van der Waals surface area contributed by atoms with E-state index in [1.54, 1.807) is 0 Å². The Morgan fingerprint density at radius 1 is 1.00 bits per heavy atom. The first kappa shape index (κ1) is 12.9. The molecular formula is C17H17NO2S. The van der Waals surface area contributed by atoms with E-state index in [9.17, 15) is 4.21 Å². The minimum atomic E-state index is -0.608. The molecule has 1 aliphatic rings. The zero-order valence-corrected chi connectivity index (χ0v) is 12.5. The maximum absolute atomic E-state index is 11.4. The summed E-state index contributed by atoms with van der Waals surface area (Å²) in [4.78, 5) is 0. The van der Waals surface area contributed by atoms with Gasteiger partial charge in [-0.2, -0.15) is 0 Å². The van der Waals surface area contributed by atoms with Crippen molar-refractivity contribution in [1.82, 2.24) is 0 Å². The second-order valence-electron chi connectivity index (χ2n) is 5.58. The normalized spacial score (nSPS) is 22.7. The van der Waals surface area contributed by atoms with E-state index >= 15 is 0 Å². The van der Waals surface area contributed by atoms with Gasteiger partial charge in [0.1, 0.15) is 11.2 Å². The van der Waals surface area contributed by atoms with Crippen molar-refractivity contribution in [2.45, 2.75) is 18.9 Å². The lowest BCUT2D eigenvalue weighted by molar-refractivity contribution is 0.624. The highest BCUT2D eigenvalue weighted by atomic mass is 32.2. The first-order valence-corrected chi connectivity index (χ1v) is 8.81. The number of benzene rings is 2. The summed E-state index contributed by atoms with van der Waals surface area (Å²) in [6.07, 6.45) is 1.97. The van der Waals surface area contributed by atoms with E-state index in [0.29, 0.717) is 6.04 Å². The van der Waals surface area contributed by atoms with E-state index in [1.807, 2.05) is 24.3 Å². The van der Waals surface area contributed by atoms with E-state index < -0.39 is 10.8 Å². The van der Waals surface area contributed by atoms with Gasteiger partial charge in [0.2, 0.25) is 0 Å². The fourth-order valence-corrected chi connectivity index (χ4v) is 4.29. The monoisotopic (exact) mass is 299 g/mol. The van der Waals surface area contributed by atoms with Crippen LogP contribution in [0.25, 0.3) is 21.9 Å². The van der Waals surface area contributed by atoms with E-state index in [0.717, 1.165) is 52.0 Å². The van der Waals surface area contributed by atoms with Crippen molar-refractivity contribution in [1.29, 1.82) is 0 Å². The highest BCUT2D eigenvalue weighted by Crippen LogP contribution is 2.31. The third kappa shape index (κ3) is 2.44. The van der Waals surface area contributed by atoms with Crippen molar-refractivity contribution < 1.29 is 8.63 Å². The van der Waals surface area contributed by atoms with Crippen molar-refractivity contribution in [2.24, 2.45) is 0 Å². The Hall–Kier alpha value is -1.81. The minimum Gasteiger partial charge on any atom is -0.456 e. The first-order chi connectivity index (χ1) is 10.3. The molecule has 1 aromatic heterocycles. The van der Waals surface area contributed by atoms with Crippen LogP contribution >= 0.6 is 0 Å².